The maximum atomic E-state index is 12.5. The van der Waals surface area contributed by atoms with E-state index < -0.39 is 0 Å². The fraction of sp³-hybridized carbons (Fsp3) is 0.412. The highest BCUT2D eigenvalue weighted by Crippen LogP contribution is 2.23. The second-order valence-corrected chi connectivity index (χ2v) is 5.73. The highest BCUT2D eigenvalue weighted by atomic mass is 16.5. The molecular formula is C17H18N2O4. The van der Waals surface area contributed by atoms with Gasteiger partial charge in [-0.3, -0.25) is 9.36 Å². The van der Waals surface area contributed by atoms with Gasteiger partial charge in [-0.05, 0) is 25.0 Å². The van der Waals surface area contributed by atoms with Crippen LogP contribution in [0, 0.1) is 0 Å². The summed E-state index contributed by atoms with van der Waals surface area (Å²) in [7, 11) is 0. The topological polar surface area (TPSA) is 66.5 Å². The minimum absolute atomic E-state index is 0.174. The Morgan fingerprint density at radius 2 is 2.26 bits per heavy atom. The molecule has 2 aromatic heterocycles. The molecule has 1 atom stereocenters. The number of para-hydroxylation sites is 1. The molecule has 0 spiro atoms. The third-order valence-electron chi connectivity index (χ3n) is 4.15. The van der Waals surface area contributed by atoms with Crippen molar-refractivity contribution >= 4 is 22.1 Å². The molecule has 0 amide bonds. The largest absolute Gasteiger partial charge is 0.448 e. The summed E-state index contributed by atoms with van der Waals surface area (Å²) in [4.78, 5) is 16.9. The van der Waals surface area contributed by atoms with Crippen molar-refractivity contribution in [1.82, 2.24) is 9.55 Å². The van der Waals surface area contributed by atoms with Crippen LogP contribution in [0.2, 0.25) is 0 Å². The van der Waals surface area contributed by atoms with Crippen LogP contribution in [0.1, 0.15) is 12.8 Å². The van der Waals surface area contributed by atoms with Gasteiger partial charge in [0.25, 0.3) is 5.56 Å². The van der Waals surface area contributed by atoms with Gasteiger partial charge in [-0.25, -0.2) is 4.98 Å². The van der Waals surface area contributed by atoms with Crippen molar-refractivity contribution in [2.75, 3.05) is 19.8 Å². The third kappa shape index (κ3) is 2.75. The predicted octanol–water partition coefficient (Wildman–Crippen LogP) is 2.34. The molecule has 23 heavy (non-hydrogen) atoms. The molecule has 0 saturated carbocycles. The Kier molecular flexibility index (Phi) is 3.85. The Hall–Kier alpha value is -2.18. The molecule has 3 heterocycles. The van der Waals surface area contributed by atoms with E-state index in [4.69, 9.17) is 13.9 Å². The van der Waals surface area contributed by atoms with Gasteiger partial charge in [0.1, 0.15) is 11.1 Å². The van der Waals surface area contributed by atoms with Gasteiger partial charge in [0.15, 0.2) is 0 Å². The lowest BCUT2D eigenvalue weighted by Crippen LogP contribution is -2.23. The van der Waals surface area contributed by atoms with Crippen molar-refractivity contribution < 1.29 is 13.9 Å². The number of rotatable bonds is 5. The Labute approximate surface area is 132 Å². The third-order valence-corrected chi connectivity index (χ3v) is 4.15. The number of hydrogen-bond donors (Lipinski definition) is 0. The summed E-state index contributed by atoms with van der Waals surface area (Å²) in [5.41, 5.74) is 1.42. The molecule has 0 radical (unpaired) electrons. The van der Waals surface area contributed by atoms with Crippen LogP contribution in [-0.4, -0.2) is 35.5 Å². The molecule has 0 N–H and O–H groups in total. The average Bonchev–Trinajstić information content (AvgIpc) is 3.21. The van der Waals surface area contributed by atoms with Gasteiger partial charge >= 0.3 is 0 Å². The monoisotopic (exact) mass is 314 g/mol. The number of ether oxygens (including phenoxy) is 2. The number of aromatic nitrogens is 2. The highest BCUT2D eigenvalue weighted by Gasteiger charge is 2.16. The summed E-state index contributed by atoms with van der Waals surface area (Å²) in [6, 6.07) is 7.53. The van der Waals surface area contributed by atoms with E-state index in [0.717, 1.165) is 24.8 Å². The zero-order valence-corrected chi connectivity index (χ0v) is 12.7. The first-order valence-corrected chi connectivity index (χ1v) is 7.89. The Bertz CT molecular complexity index is 877. The molecule has 1 fully saturated rings. The molecule has 1 aromatic carbocycles. The first-order chi connectivity index (χ1) is 11.3. The molecule has 0 unspecified atom stereocenters. The van der Waals surface area contributed by atoms with Crippen LogP contribution in [-0.2, 0) is 16.0 Å². The molecule has 4 rings (SSSR count). The van der Waals surface area contributed by atoms with E-state index in [1.165, 1.54) is 4.57 Å². The molecular weight excluding hydrogens is 296 g/mol. The Morgan fingerprint density at radius 3 is 3.13 bits per heavy atom. The molecule has 1 saturated heterocycles. The zero-order valence-electron chi connectivity index (χ0n) is 12.7. The second-order valence-electron chi connectivity index (χ2n) is 5.73. The minimum Gasteiger partial charge on any atom is -0.448 e. The van der Waals surface area contributed by atoms with Crippen molar-refractivity contribution in [3.8, 4) is 0 Å². The standard InChI is InChI=1S/C17H18N2O4/c20-17-16-15(13-5-1-2-6-14(13)23-16)18-11-19(17)7-9-21-10-12-4-3-8-22-12/h1-2,5-6,11-12H,3-4,7-10H2/t12-/m1/s1. The summed E-state index contributed by atoms with van der Waals surface area (Å²) in [6.07, 6.45) is 3.90. The van der Waals surface area contributed by atoms with Gasteiger partial charge < -0.3 is 13.9 Å². The van der Waals surface area contributed by atoms with Crippen LogP contribution >= 0.6 is 0 Å². The van der Waals surface area contributed by atoms with E-state index >= 15 is 0 Å². The molecule has 6 nitrogen and oxygen atoms in total. The molecule has 1 aliphatic rings. The van der Waals surface area contributed by atoms with Crippen molar-refractivity contribution in [3.63, 3.8) is 0 Å². The van der Waals surface area contributed by atoms with E-state index in [1.807, 2.05) is 24.3 Å². The first-order valence-electron chi connectivity index (χ1n) is 7.89. The normalized spacial score (nSPS) is 18.2. The molecule has 0 bridgehead atoms. The summed E-state index contributed by atoms with van der Waals surface area (Å²) < 4.78 is 18.3. The predicted molar refractivity (Wildman–Crippen MR) is 85.6 cm³/mol. The maximum absolute atomic E-state index is 12.5. The van der Waals surface area contributed by atoms with Crippen LogP contribution in [0.3, 0.4) is 0 Å². The molecule has 6 heteroatoms. The Morgan fingerprint density at radius 1 is 1.35 bits per heavy atom. The molecule has 1 aliphatic heterocycles. The van der Waals surface area contributed by atoms with Gasteiger partial charge in [-0.2, -0.15) is 0 Å². The van der Waals surface area contributed by atoms with E-state index in [1.54, 1.807) is 6.33 Å². The fourth-order valence-corrected chi connectivity index (χ4v) is 2.93. The minimum atomic E-state index is -0.174. The van der Waals surface area contributed by atoms with Gasteiger partial charge in [0.2, 0.25) is 5.58 Å². The highest BCUT2D eigenvalue weighted by molar-refractivity contribution is 6.01. The summed E-state index contributed by atoms with van der Waals surface area (Å²) in [6.45, 7) is 2.30. The van der Waals surface area contributed by atoms with Crippen molar-refractivity contribution in [2.45, 2.75) is 25.5 Å². The van der Waals surface area contributed by atoms with Gasteiger partial charge in [-0.1, -0.05) is 12.1 Å². The summed E-state index contributed by atoms with van der Waals surface area (Å²) in [5.74, 6) is 0. The van der Waals surface area contributed by atoms with Crippen molar-refractivity contribution in [2.24, 2.45) is 0 Å². The van der Waals surface area contributed by atoms with Crippen LogP contribution in [0.15, 0.2) is 39.8 Å². The van der Waals surface area contributed by atoms with Crippen LogP contribution < -0.4 is 5.56 Å². The second kappa shape index (κ2) is 6.14. The number of hydrogen-bond acceptors (Lipinski definition) is 5. The van der Waals surface area contributed by atoms with Gasteiger partial charge in [0, 0.05) is 12.0 Å². The van der Waals surface area contributed by atoms with E-state index in [-0.39, 0.29) is 11.7 Å². The van der Waals surface area contributed by atoms with Crippen LogP contribution in [0.5, 0.6) is 0 Å². The first kappa shape index (κ1) is 14.4. The Balaban J connectivity index is 1.50. The summed E-state index contributed by atoms with van der Waals surface area (Å²) >= 11 is 0. The lowest BCUT2D eigenvalue weighted by Gasteiger charge is -2.10. The summed E-state index contributed by atoms with van der Waals surface area (Å²) in [5, 5.41) is 0.862. The van der Waals surface area contributed by atoms with Gasteiger partial charge in [-0.15, -0.1) is 0 Å². The maximum Gasteiger partial charge on any atom is 0.297 e. The number of benzene rings is 1. The lowest BCUT2D eigenvalue weighted by atomic mass is 10.2. The number of fused-ring (bicyclic) bond motifs is 3. The lowest BCUT2D eigenvalue weighted by molar-refractivity contribution is 0.0146. The average molecular weight is 314 g/mol. The van der Waals surface area contributed by atoms with Crippen molar-refractivity contribution in [3.05, 3.63) is 40.9 Å². The van der Waals surface area contributed by atoms with Gasteiger partial charge in [0.05, 0.1) is 32.2 Å². The van der Waals surface area contributed by atoms with E-state index in [2.05, 4.69) is 4.98 Å². The number of nitrogens with zero attached hydrogens (tertiary/aromatic N) is 2. The van der Waals surface area contributed by atoms with Crippen molar-refractivity contribution in [1.29, 1.82) is 0 Å². The molecule has 120 valence electrons. The van der Waals surface area contributed by atoms with E-state index in [0.29, 0.717) is 36.4 Å². The molecule has 3 aromatic rings. The molecule has 0 aliphatic carbocycles. The quantitative estimate of drug-likeness (QED) is 0.676. The smallest absolute Gasteiger partial charge is 0.297 e. The SMILES string of the molecule is O=c1c2oc3ccccc3c2ncn1CCOC[C@H]1CCCO1. The van der Waals surface area contributed by atoms with Crippen LogP contribution in [0.25, 0.3) is 22.1 Å². The number of furan rings is 1. The van der Waals surface area contributed by atoms with E-state index in [9.17, 15) is 4.79 Å². The van der Waals surface area contributed by atoms with Crippen LogP contribution in [0.4, 0.5) is 0 Å². The zero-order chi connectivity index (χ0) is 15.6. The fourth-order valence-electron chi connectivity index (χ4n) is 2.93.